The minimum atomic E-state index is -0.460. The van der Waals surface area contributed by atoms with Crippen molar-refractivity contribution in [3.63, 3.8) is 0 Å². The van der Waals surface area contributed by atoms with Crippen molar-refractivity contribution < 1.29 is 19.1 Å². The number of hydrogen-bond donors (Lipinski definition) is 2. The summed E-state index contributed by atoms with van der Waals surface area (Å²) in [6, 6.07) is 21.6. The van der Waals surface area contributed by atoms with Crippen molar-refractivity contribution >= 4 is 11.8 Å². The first-order valence-electron chi connectivity index (χ1n) is 9.09. The molecule has 0 fully saturated rings. The van der Waals surface area contributed by atoms with Gasteiger partial charge >= 0.3 is 0 Å². The number of amides is 2. The topological polar surface area (TPSA) is 76.7 Å². The fraction of sp³-hybridized carbons (Fsp3) is 0.130. The van der Waals surface area contributed by atoms with Crippen molar-refractivity contribution in [3.05, 3.63) is 95.1 Å². The maximum absolute atomic E-state index is 12.4. The van der Waals surface area contributed by atoms with Crippen LogP contribution >= 0.6 is 0 Å². The van der Waals surface area contributed by atoms with Crippen molar-refractivity contribution in [1.82, 2.24) is 10.9 Å². The molecule has 3 aromatic carbocycles. The van der Waals surface area contributed by atoms with Gasteiger partial charge in [-0.05, 0) is 42.8 Å². The Hall–Kier alpha value is -3.80. The SMILES string of the molecule is COc1cc(C(=O)NNC(=O)c2ccc(C)cc2)ccc1OCc1ccccc1. The average molecular weight is 390 g/mol. The molecule has 2 N–H and O–H groups in total. The maximum Gasteiger partial charge on any atom is 0.269 e. The molecule has 0 aliphatic heterocycles. The molecule has 0 saturated carbocycles. The smallest absolute Gasteiger partial charge is 0.269 e. The molecule has 3 aromatic rings. The standard InChI is InChI=1S/C23H22N2O4/c1-16-8-10-18(11-9-16)22(26)24-25-23(27)19-12-13-20(21(14-19)28-2)29-15-17-6-4-3-5-7-17/h3-14H,15H2,1-2H3,(H,24,26)(H,25,27). The van der Waals surface area contributed by atoms with Crippen LogP contribution in [0.1, 0.15) is 31.8 Å². The second-order valence-electron chi connectivity index (χ2n) is 6.41. The molecule has 148 valence electrons. The Labute approximate surface area is 169 Å². The van der Waals surface area contributed by atoms with Crippen LogP contribution in [0, 0.1) is 6.92 Å². The summed E-state index contributed by atoms with van der Waals surface area (Å²) >= 11 is 0. The van der Waals surface area contributed by atoms with Crippen molar-refractivity contribution in [3.8, 4) is 11.5 Å². The Morgan fingerprint density at radius 3 is 2.07 bits per heavy atom. The summed E-state index contributed by atoms with van der Waals surface area (Å²) < 4.78 is 11.1. The zero-order chi connectivity index (χ0) is 20.6. The molecule has 29 heavy (non-hydrogen) atoms. The van der Waals surface area contributed by atoms with Gasteiger partial charge in [-0.25, -0.2) is 0 Å². The van der Waals surface area contributed by atoms with E-state index in [2.05, 4.69) is 10.9 Å². The molecule has 0 unspecified atom stereocenters. The lowest BCUT2D eigenvalue weighted by atomic mass is 10.1. The van der Waals surface area contributed by atoms with Crippen LogP contribution in [0.4, 0.5) is 0 Å². The first kappa shape index (κ1) is 19.9. The van der Waals surface area contributed by atoms with Crippen LogP contribution in [-0.4, -0.2) is 18.9 Å². The fourth-order valence-electron chi connectivity index (χ4n) is 2.63. The van der Waals surface area contributed by atoms with E-state index in [1.807, 2.05) is 49.4 Å². The molecule has 2 amide bonds. The molecule has 0 spiro atoms. The molecule has 0 aliphatic rings. The van der Waals surface area contributed by atoms with E-state index in [0.29, 0.717) is 29.2 Å². The van der Waals surface area contributed by atoms with Crippen LogP contribution in [0.25, 0.3) is 0 Å². The first-order chi connectivity index (χ1) is 14.1. The van der Waals surface area contributed by atoms with Crippen molar-refractivity contribution in [2.45, 2.75) is 13.5 Å². The van der Waals surface area contributed by atoms with Gasteiger partial charge in [-0.1, -0.05) is 48.0 Å². The van der Waals surface area contributed by atoms with Gasteiger partial charge in [-0.3, -0.25) is 20.4 Å². The third-order valence-corrected chi connectivity index (χ3v) is 4.27. The number of ether oxygens (including phenoxy) is 2. The zero-order valence-electron chi connectivity index (χ0n) is 16.3. The minimum Gasteiger partial charge on any atom is -0.493 e. The van der Waals surface area contributed by atoms with E-state index in [-0.39, 0.29) is 0 Å². The van der Waals surface area contributed by atoms with Crippen molar-refractivity contribution in [1.29, 1.82) is 0 Å². The van der Waals surface area contributed by atoms with Gasteiger partial charge in [0.05, 0.1) is 7.11 Å². The van der Waals surface area contributed by atoms with Crippen LogP contribution in [0.15, 0.2) is 72.8 Å². The highest BCUT2D eigenvalue weighted by atomic mass is 16.5. The quantitative estimate of drug-likeness (QED) is 0.630. The van der Waals surface area contributed by atoms with Crippen LogP contribution in [0.5, 0.6) is 11.5 Å². The Balaban J connectivity index is 1.61. The molecule has 0 radical (unpaired) electrons. The summed E-state index contributed by atoms with van der Waals surface area (Å²) in [5, 5.41) is 0. The lowest BCUT2D eigenvalue weighted by molar-refractivity contribution is 0.0846. The summed E-state index contributed by atoms with van der Waals surface area (Å²) in [5.41, 5.74) is 7.67. The van der Waals surface area contributed by atoms with Crippen LogP contribution < -0.4 is 20.3 Å². The summed E-state index contributed by atoms with van der Waals surface area (Å²) in [6.45, 7) is 2.32. The van der Waals surface area contributed by atoms with Gasteiger partial charge in [-0.2, -0.15) is 0 Å². The van der Waals surface area contributed by atoms with Gasteiger partial charge in [-0.15, -0.1) is 0 Å². The number of hydrazine groups is 1. The lowest BCUT2D eigenvalue weighted by Gasteiger charge is -2.13. The maximum atomic E-state index is 12.4. The van der Waals surface area contributed by atoms with E-state index in [1.54, 1.807) is 30.3 Å². The van der Waals surface area contributed by atoms with Gasteiger partial charge in [0.15, 0.2) is 11.5 Å². The largest absolute Gasteiger partial charge is 0.493 e. The molecule has 0 atom stereocenters. The number of methoxy groups -OCH3 is 1. The highest BCUT2D eigenvalue weighted by molar-refractivity contribution is 5.99. The van der Waals surface area contributed by atoms with E-state index in [4.69, 9.17) is 9.47 Å². The number of aryl methyl sites for hydroxylation is 1. The lowest BCUT2D eigenvalue weighted by Crippen LogP contribution is -2.41. The molecular formula is C23H22N2O4. The summed E-state index contributed by atoms with van der Waals surface area (Å²) in [6.07, 6.45) is 0. The fourth-order valence-corrected chi connectivity index (χ4v) is 2.63. The third-order valence-electron chi connectivity index (χ3n) is 4.27. The third kappa shape index (κ3) is 5.35. The molecule has 6 nitrogen and oxygen atoms in total. The average Bonchev–Trinajstić information content (AvgIpc) is 2.76. The Morgan fingerprint density at radius 2 is 1.41 bits per heavy atom. The van der Waals surface area contributed by atoms with E-state index in [0.717, 1.165) is 11.1 Å². The van der Waals surface area contributed by atoms with Gasteiger partial charge in [0, 0.05) is 11.1 Å². The molecule has 0 heterocycles. The molecule has 3 rings (SSSR count). The minimum absolute atomic E-state index is 0.332. The number of benzene rings is 3. The highest BCUT2D eigenvalue weighted by Gasteiger charge is 2.13. The van der Waals surface area contributed by atoms with Crippen LogP contribution in [-0.2, 0) is 6.61 Å². The van der Waals surface area contributed by atoms with E-state index in [9.17, 15) is 9.59 Å². The molecule has 0 aliphatic carbocycles. The molecule has 0 saturated heterocycles. The van der Waals surface area contributed by atoms with Gasteiger partial charge in [0.25, 0.3) is 11.8 Å². The molecule has 0 aromatic heterocycles. The summed E-state index contributed by atoms with van der Waals surface area (Å²) in [4.78, 5) is 24.5. The Kier molecular flexibility index (Phi) is 6.47. The Morgan fingerprint density at radius 1 is 0.793 bits per heavy atom. The van der Waals surface area contributed by atoms with Gasteiger partial charge in [0.2, 0.25) is 0 Å². The number of rotatable bonds is 6. The predicted molar refractivity (Wildman–Crippen MR) is 110 cm³/mol. The Bertz CT molecular complexity index is 986. The summed E-state index contributed by atoms with van der Waals surface area (Å²) in [7, 11) is 1.51. The number of hydrogen-bond acceptors (Lipinski definition) is 4. The van der Waals surface area contributed by atoms with Crippen LogP contribution in [0.3, 0.4) is 0 Å². The van der Waals surface area contributed by atoms with E-state index in [1.165, 1.54) is 7.11 Å². The van der Waals surface area contributed by atoms with Gasteiger partial charge in [0.1, 0.15) is 6.61 Å². The normalized spacial score (nSPS) is 10.1. The molecular weight excluding hydrogens is 368 g/mol. The van der Waals surface area contributed by atoms with Crippen LogP contribution in [0.2, 0.25) is 0 Å². The first-order valence-corrected chi connectivity index (χ1v) is 9.09. The predicted octanol–water partition coefficient (Wildman–Crippen LogP) is 3.66. The second kappa shape index (κ2) is 9.41. The number of carbonyl (C=O) groups excluding carboxylic acids is 2. The van der Waals surface area contributed by atoms with Crippen molar-refractivity contribution in [2.75, 3.05) is 7.11 Å². The summed E-state index contributed by atoms with van der Waals surface area (Å²) in [5.74, 6) is 0.0986. The van der Waals surface area contributed by atoms with Crippen molar-refractivity contribution in [2.24, 2.45) is 0 Å². The second-order valence-corrected chi connectivity index (χ2v) is 6.41. The number of carbonyl (C=O) groups is 2. The zero-order valence-corrected chi connectivity index (χ0v) is 16.3. The van der Waals surface area contributed by atoms with Gasteiger partial charge < -0.3 is 9.47 Å². The number of nitrogens with one attached hydrogen (secondary N) is 2. The monoisotopic (exact) mass is 390 g/mol. The molecule has 0 bridgehead atoms. The van der Waals surface area contributed by atoms with E-state index >= 15 is 0 Å². The molecule has 6 heteroatoms. The van der Waals surface area contributed by atoms with E-state index < -0.39 is 11.8 Å². The highest BCUT2D eigenvalue weighted by Crippen LogP contribution is 2.28.